The molecule has 0 saturated heterocycles. The number of aliphatic carboxylic acids is 2. The molecule has 0 bridgehead atoms. The number of carbonyl (C=O) groups excluding carboxylic acids is 1. The van der Waals surface area contributed by atoms with E-state index in [2.05, 4.69) is 45.2 Å². The SMILES string of the molecule is CN(Cc1cnc2nc(N)nc(N)c2n1)c1ccc(C(=O)NC(CCC(=O)O)C(=O)O)cc1.Nc1nc2nc[nH]c2c(=S)[nH]1. The van der Waals surface area contributed by atoms with Gasteiger partial charge in [0.2, 0.25) is 11.9 Å². The van der Waals surface area contributed by atoms with Crippen molar-refractivity contribution in [1.82, 2.24) is 45.2 Å². The zero-order valence-corrected chi connectivity index (χ0v) is 23.9. The number of nitrogens with one attached hydrogen (secondary N) is 3. The largest absolute Gasteiger partial charge is 0.481 e. The summed E-state index contributed by atoms with van der Waals surface area (Å²) in [5.41, 5.74) is 20.3. The van der Waals surface area contributed by atoms with E-state index >= 15 is 0 Å². The van der Waals surface area contributed by atoms with Crippen molar-refractivity contribution >= 4 is 75.8 Å². The van der Waals surface area contributed by atoms with Crippen molar-refractivity contribution in [2.45, 2.75) is 25.4 Å². The van der Waals surface area contributed by atoms with Gasteiger partial charge >= 0.3 is 11.9 Å². The second-order valence-corrected chi connectivity index (χ2v) is 9.66. The van der Waals surface area contributed by atoms with Crippen molar-refractivity contribution in [2.75, 3.05) is 29.1 Å². The Labute approximate surface area is 252 Å². The molecule has 11 N–H and O–H groups in total. The molecule has 0 aliphatic carbocycles. The number of carboxylic acid groups (broad SMARTS) is 2. The number of imidazole rings is 1. The molecule has 4 heterocycles. The van der Waals surface area contributed by atoms with Crippen molar-refractivity contribution < 1.29 is 24.6 Å². The van der Waals surface area contributed by atoms with Crippen LogP contribution in [-0.4, -0.2) is 81.0 Å². The summed E-state index contributed by atoms with van der Waals surface area (Å²) in [6.07, 6.45) is 2.49. The van der Waals surface area contributed by atoms with E-state index < -0.39 is 23.9 Å². The van der Waals surface area contributed by atoms with Crippen LogP contribution in [0.4, 0.5) is 23.4 Å². The normalized spacial score (nSPS) is 11.4. The van der Waals surface area contributed by atoms with Crippen molar-refractivity contribution in [1.29, 1.82) is 0 Å². The second kappa shape index (κ2) is 13.3. The molecule has 0 saturated carbocycles. The number of amides is 1. The Hall–Kier alpha value is -5.98. The van der Waals surface area contributed by atoms with E-state index in [1.165, 1.54) is 18.5 Å². The monoisotopic (exact) mass is 621 g/mol. The van der Waals surface area contributed by atoms with Crippen molar-refractivity contribution in [2.24, 2.45) is 0 Å². The number of anilines is 4. The second-order valence-electron chi connectivity index (χ2n) is 9.25. The number of carbonyl (C=O) groups is 3. The third-order valence-corrected chi connectivity index (χ3v) is 6.34. The molecule has 228 valence electrons. The van der Waals surface area contributed by atoms with E-state index in [-0.39, 0.29) is 36.1 Å². The van der Waals surface area contributed by atoms with Crippen molar-refractivity contribution in [3.63, 3.8) is 0 Å². The summed E-state index contributed by atoms with van der Waals surface area (Å²) in [6.45, 7) is 0.370. The maximum Gasteiger partial charge on any atom is 0.326 e. The Morgan fingerprint density at radius 1 is 1.02 bits per heavy atom. The first-order chi connectivity index (χ1) is 20.9. The molecule has 0 aliphatic heterocycles. The third kappa shape index (κ3) is 7.64. The van der Waals surface area contributed by atoms with Gasteiger partial charge in [0.25, 0.3) is 5.91 Å². The van der Waals surface area contributed by atoms with Gasteiger partial charge in [0.15, 0.2) is 22.6 Å². The van der Waals surface area contributed by atoms with E-state index in [0.29, 0.717) is 39.2 Å². The maximum absolute atomic E-state index is 12.4. The van der Waals surface area contributed by atoms with Crippen molar-refractivity contribution in [3.05, 3.63) is 52.7 Å². The van der Waals surface area contributed by atoms with Gasteiger partial charge in [0.05, 0.1) is 24.8 Å². The van der Waals surface area contributed by atoms with E-state index in [1.54, 1.807) is 18.3 Å². The molecule has 5 aromatic rings. The number of benzene rings is 1. The van der Waals surface area contributed by atoms with Crippen molar-refractivity contribution in [3.8, 4) is 0 Å². The third-order valence-electron chi connectivity index (χ3n) is 6.04. The molecule has 1 unspecified atom stereocenters. The minimum absolute atomic E-state index is 0.0138. The standard InChI is InChI=1S/C20H22N8O5.C5H5N5S/c1-28(9-11-8-23-17-15(24-11)16(21)26-20(22)27-17)12-4-2-10(3-5-12)18(31)25-13(19(32)33)6-7-14(29)30;6-5-9-3-2(4(11)10-5)7-1-8-3/h2-5,8,13H,6-7,9H2,1H3,(H,25,31)(H,29,30)(H,32,33)(H4,21,22,23,26,27);1H,(H4,6,7,8,9,10,11). The number of rotatable bonds is 9. The molecule has 0 spiro atoms. The van der Waals surface area contributed by atoms with Crippen LogP contribution in [0.1, 0.15) is 28.9 Å². The number of hydrogen-bond acceptors (Lipinski definition) is 14. The molecular formula is C25H27N13O5S. The highest BCUT2D eigenvalue weighted by atomic mass is 32.1. The molecule has 44 heavy (non-hydrogen) atoms. The molecule has 0 fully saturated rings. The summed E-state index contributed by atoms with van der Waals surface area (Å²) in [5.74, 6) is -2.62. The first kappa shape index (κ1) is 31.0. The minimum atomic E-state index is -1.30. The number of aromatic amines is 2. The number of nitrogen functional groups attached to an aromatic ring is 3. The fourth-order valence-electron chi connectivity index (χ4n) is 3.89. The van der Waals surface area contributed by atoms with Crippen LogP contribution >= 0.6 is 12.2 Å². The summed E-state index contributed by atoms with van der Waals surface area (Å²) in [7, 11) is 1.82. The molecule has 4 aromatic heterocycles. The average Bonchev–Trinajstić information content (AvgIpc) is 3.44. The van der Waals surface area contributed by atoms with Crippen LogP contribution in [0.2, 0.25) is 0 Å². The van der Waals surface area contributed by atoms with Gasteiger partial charge in [-0.05, 0) is 30.7 Å². The van der Waals surface area contributed by atoms with Gasteiger partial charge in [-0.1, -0.05) is 12.2 Å². The summed E-state index contributed by atoms with van der Waals surface area (Å²) in [4.78, 5) is 66.1. The number of aromatic nitrogens is 8. The van der Waals surface area contributed by atoms with Crippen LogP contribution in [0.5, 0.6) is 0 Å². The highest BCUT2D eigenvalue weighted by Gasteiger charge is 2.21. The number of nitrogens with zero attached hydrogens (tertiary/aromatic N) is 7. The van der Waals surface area contributed by atoms with Crippen LogP contribution in [0, 0.1) is 4.64 Å². The Kier molecular flexibility index (Phi) is 9.38. The lowest BCUT2D eigenvalue weighted by atomic mass is 10.1. The maximum atomic E-state index is 12.4. The first-order valence-corrected chi connectivity index (χ1v) is 13.1. The van der Waals surface area contributed by atoms with E-state index in [9.17, 15) is 19.5 Å². The predicted octanol–water partition coefficient (Wildman–Crippen LogP) is 0.866. The number of carboxylic acids is 2. The van der Waals surface area contributed by atoms with Crippen LogP contribution in [0.25, 0.3) is 22.3 Å². The van der Waals surface area contributed by atoms with Gasteiger partial charge in [0, 0.05) is 24.7 Å². The lowest BCUT2D eigenvalue weighted by Crippen LogP contribution is -2.41. The van der Waals surface area contributed by atoms with E-state index in [0.717, 1.165) is 5.69 Å². The topological polar surface area (TPSA) is 294 Å². The highest BCUT2D eigenvalue weighted by Crippen LogP contribution is 2.19. The molecule has 5 rings (SSSR count). The number of hydrogen-bond donors (Lipinski definition) is 8. The summed E-state index contributed by atoms with van der Waals surface area (Å²) in [6, 6.07) is 5.16. The minimum Gasteiger partial charge on any atom is -0.481 e. The Morgan fingerprint density at radius 2 is 1.75 bits per heavy atom. The summed E-state index contributed by atoms with van der Waals surface area (Å²) < 4.78 is 0.532. The summed E-state index contributed by atoms with van der Waals surface area (Å²) in [5, 5.41) is 20.2. The zero-order chi connectivity index (χ0) is 32.0. The quantitative estimate of drug-likeness (QED) is 0.106. The highest BCUT2D eigenvalue weighted by molar-refractivity contribution is 7.71. The molecule has 1 aromatic carbocycles. The molecule has 0 aliphatic rings. The lowest BCUT2D eigenvalue weighted by molar-refractivity contribution is -0.140. The van der Waals surface area contributed by atoms with Crippen LogP contribution in [0.3, 0.4) is 0 Å². The van der Waals surface area contributed by atoms with Crippen LogP contribution in [0.15, 0.2) is 36.8 Å². The van der Waals surface area contributed by atoms with Crippen LogP contribution in [-0.2, 0) is 16.1 Å². The molecule has 0 radical (unpaired) electrons. The summed E-state index contributed by atoms with van der Waals surface area (Å²) >= 11 is 4.95. The Balaban J connectivity index is 0.000000333. The van der Waals surface area contributed by atoms with E-state index in [4.69, 9.17) is 34.5 Å². The molecule has 18 nitrogen and oxygen atoms in total. The average molecular weight is 622 g/mol. The first-order valence-electron chi connectivity index (χ1n) is 12.7. The molecular weight excluding hydrogens is 594 g/mol. The fourth-order valence-corrected chi connectivity index (χ4v) is 4.14. The van der Waals surface area contributed by atoms with Gasteiger partial charge in [-0.25, -0.2) is 19.7 Å². The molecule has 19 heteroatoms. The van der Waals surface area contributed by atoms with Gasteiger partial charge in [0.1, 0.15) is 16.2 Å². The number of H-pyrrole nitrogens is 2. The van der Waals surface area contributed by atoms with E-state index in [1.807, 2.05) is 11.9 Å². The van der Waals surface area contributed by atoms with Gasteiger partial charge < -0.3 is 47.6 Å². The fraction of sp³-hybridized carbons (Fsp3) is 0.200. The Morgan fingerprint density at radius 3 is 2.43 bits per heavy atom. The molecule has 1 amide bonds. The van der Waals surface area contributed by atoms with Gasteiger partial charge in [-0.2, -0.15) is 15.0 Å². The number of nitrogens with two attached hydrogens (primary N) is 3. The Bertz CT molecular complexity index is 1890. The smallest absolute Gasteiger partial charge is 0.326 e. The predicted molar refractivity (Wildman–Crippen MR) is 162 cm³/mol. The number of fused-ring (bicyclic) bond motifs is 2. The van der Waals surface area contributed by atoms with Gasteiger partial charge in [-0.3, -0.25) is 9.59 Å². The zero-order valence-electron chi connectivity index (χ0n) is 23.1. The van der Waals surface area contributed by atoms with Gasteiger partial charge in [-0.15, -0.1) is 0 Å². The molecule has 1 atom stereocenters. The lowest BCUT2D eigenvalue weighted by Gasteiger charge is -2.19. The van der Waals surface area contributed by atoms with Crippen LogP contribution < -0.4 is 27.4 Å².